The highest BCUT2D eigenvalue weighted by Gasteiger charge is 2.09. The first kappa shape index (κ1) is 23.7. The molecule has 0 unspecified atom stereocenters. The van der Waals surface area contributed by atoms with Gasteiger partial charge >= 0.3 is 11.9 Å². The summed E-state index contributed by atoms with van der Waals surface area (Å²) in [7, 11) is 0. The predicted molar refractivity (Wildman–Crippen MR) is 115 cm³/mol. The summed E-state index contributed by atoms with van der Waals surface area (Å²) >= 11 is 0. The van der Waals surface area contributed by atoms with E-state index < -0.39 is 0 Å². The van der Waals surface area contributed by atoms with Gasteiger partial charge in [-0.05, 0) is 73.9 Å². The number of benzene rings is 1. The molecule has 0 heterocycles. The molecule has 0 amide bonds. The summed E-state index contributed by atoms with van der Waals surface area (Å²) in [6.45, 7) is 8.64. The number of carbonyl (C=O) groups excluding carboxylic acids is 2. The minimum atomic E-state index is -0.328. The highest BCUT2D eigenvalue weighted by molar-refractivity contribution is 5.88. The fourth-order valence-corrected chi connectivity index (χ4v) is 2.90. The molecule has 0 spiro atoms. The average molecular weight is 387 g/mol. The number of hydrogen-bond acceptors (Lipinski definition) is 4. The van der Waals surface area contributed by atoms with E-state index in [9.17, 15) is 9.59 Å². The van der Waals surface area contributed by atoms with Gasteiger partial charge in [-0.15, -0.1) is 0 Å². The molecule has 0 bridgehead atoms. The fourth-order valence-electron chi connectivity index (χ4n) is 2.90. The van der Waals surface area contributed by atoms with E-state index in [0.29, 0.717) is 13.2 Å². The summed E-state index contributed by atoms with van der Waals surface area (Å²) in [5, 5.41) is 0. The Morgan fingerprint density at radius 1 is 0.750 bits per heavy atom. The van der Waals surface area contributed by atoms with Gasteiger partial charge in [0.25, 0.3) is 0 Å². The van der Waals surface area contributed by atoms with Gasteiger partial charge in [0.05, 0.1) is 13.2 Å². The number of unbranched alkanes of at least 4 members (excludes halogenated alkanes) is 2. The SMILES string of the molecule is CCCCc1cc(/C=C/C(=O)OCC)c(CCCC)cc1/C=C/C(=O)OCC. The van der Waals surface area contributed by atoms with Crippen LogP contribution in [0.25, 0.3) is 12.2 Å². The molecule has 0 atom stereocenters. The van der Waals surface area contributed by atoms with Crippen molar-refractivity contribution in [2.24, 2.45) is 0 Å². The third kappa shape index (κ3) is 8.55. The number of esters is 2. The van der Waals surface area contributed by atoms with E-state index in [-0.39, 0.29) is 11.9 Å². The van der Waals surface area contributed by atoms with E-state index in [4.69, 9.17) is 9.47 Å². The van der Waals surface area contributed by atoms with Crippen molar-refractivity contribution in [1.29, 1.82) is 0 Å². The van der Waals surface area contributed by atoms with Crippen LogP contribution in [0.15, 0.2) is 24.3 Å². The lowest BCUT2D eigenvalue weighted by Gasteiger charge is -2.13. The molecule has 154 valence electrons. The summed E-state index contributed by atoms with van der Waals surface area (Å²) in [6.07, 6.45) is 12.8. The van der Waals surface area contributed by atoms with Gasteiger partial charge in [-0.1, -0.05) is 38.8 Å². The first-order chi connectivity index (χ1) is 13.5. The highest BCUT2D eigenvalue weighted by atomic mass is 16.5. The van der Waals surface area contributed by atoms with Gasteiger partial charge in [0, 0.05) is 12.2 Å². The molecule has 28 heavy (non-hydrogen) atoms. The van der Waals surface area contributed by atoms with Crippen molar-refractivity contribution in [2.75, 3.05) is 13.2 Å². The topological polar surface area (TPSA) is 52.6 Å². The van der Waals surface area contributed by atoms with Crippen LogP contribution in [0.2, 0.25) is 0 Å². The minimum Gasteiger partial charge on any atom is -0.463 e. The monoisotopic (exact) mass is 386 g/mol. The zero-order chi connectivity index (χ0) is 20.8. The maximum Gasteiger partial charge on any atom is 0.330 e. The molecule has 1 rings (SSSR count). The molecule has 4 heteroatoms. The van der Waals surface area contributed by atoms with Gasteiger partial charge in [0.1, 0.15) is 0 Å². The van der Waals surface area contributed by atoms with Crippen LogP contribution in [0.5, 0.6) is 0 Å². The zero-order valence-electron chi connectivity index (χ0n) is 17.8. The van der Waals surface area contributed by atoms with Crippen molar-refractivity contribution in [3.05, 3.63) is 46.5 Å². The Bertz CT molecular complexity index is 626. The largest absolute Gasteiger partial charge is 0.463 e. The highest BCUT2D eigenvalue weighted by Crippen LogP contribution is 2.24. The normalized spacial score (nSPS) is 11.3. The molecular formula is C24H34O4. The third-order valence-electron chi connectivity index (χ3n) is 4.37. The van der Waals surface area contributed by atoms with E-state index in [0.717, 1.165) is 49.7 Å². The van der Waals surface area contributed by atoms with Crippen LogP contribution in [-0.2, 0) is 31.9 Å². The Balaban J connectivity index is 3.28. The maximum atomic E-state index is 11.7. The molecule has 0 aliphatic carbocycles. The first-order valence-corrected chi connectivity index (χ1v) is 10.4. The summed E-state index contributed by atoms with van der Waals surface area (Å²) in [4.78, 5) is 23.5. The van der Waals surface area contributed by atoms with Crippen LogP contribution in [0.1, 0.15) is 75.6 Å². The van der Waals surface area contributed by atoms with Gasteiger partial charge < -0.3 is 9.47 Å². The second-order valence-electron chi connectivity index (χ2n) is 6.63. The zero-order valence-corrected chi connectivity index (χ0v) is 17.8. The quantitative estimate of drug-likeness (QED) is 0.350. The number of carbonyl (C=O) groups is 2. The lowest BCUT2D eigenvalue weighted by Crippen LogP contribution is -2.01. The van der Waals surface area contributed by atoms with Gasteiger partial charge in [0.15, 0.2) is 0 Å². The third-order valence-corrected chi connectivity index (χ3v) is 4.37. The molecule has 0 aliphatic rings. The molecule has 0 radical (unpaired) electrons. The standard InChI is InChI=1S/C24H34O4/c1-5-9-11-19-17-22(14-16-24(26)28-8-4)20(12-10-6-2)18-21(19)13-15-23(25)27-7-3/h13-18H,5-12H2,1-4H3/b15-13+,16-14+. The Morgan fingerprint density at radius 2 is 1.14 bits per heavy atom. The second-order valence-corrected chi connectivity index (χ2v) is 6.63. The van der Waals surface area contributed by atoms with Crippen LogP contribution in [0.4, 0.5) is 0 Å². The second kappa shape index (κ2) is 13.8. The van der Waals surface area contributed by atoms with E-state index in [2.05, 4.69) is 26.0 Å². The maximum absolute atomic E-state index is 11.7. The molecule has 4 nitrogen and oxygen atoms in total. The Labute approximate surface area is 169 Å². The van der Waals surface area contributed by atoms with Crippen molar-refractivity contribution in [3.63, 3.8) is 0 Å². The minimum absolute atomic E-state index is 0.328. The number of rotatable bonds is 12. The van der Waals surface area contributed by atoms with Gasteiger partial charge in [-0.3, -0.25) is 0 Å². The smallest absolute Gasteiger partial charge is 0.330 e. The van der Waals surface area contributed by atoms with Crippen LogP contribution >= 0.6 is 0 Å². The van der Waals surface area contributed by atoms with Crippen LogP contribution in [0, 0.1) is 0 Å². The van der Waals surface area contributed by atoms with Gasteiger partial charge in [-0.2, -0.15) is 0 Å². The summed E-state index contributed by atoms with van der Waals surface area (Å²) < 4.78 is 10.0. The molecule has 0 N–H and O–H groups in total. The fraction of sp³-hybridized carbons (Fsp3) is 0.500. The van der Waals surface area contributed by atoms with E-state index in [1.807, 2.05) is 12.2 Å². The van der Waals surface area contributed by atoms with Crippen LogP contribution in [0.3, 0.4) is 0 Å². The molecule has 1 aromatic carbocycles. The summed E-state index contributed by atoms with van der Waals surface area (Å²) in [6, 6.07) is 4.28. The lowest BCUT2D eigenvalue weighted by molar-refractivity contribution is -0.138. The van der Waals surface area contributed by atoms with Crippen molar-refractivity contribution < 1.29 is 19.1 Å². The number of hydrogen-bond donors (Lipinski definition) is 0. The molecule has 0 saturated carbocycles. The number of aryl methyl sites for hydroxylation is 2. The predicted octanol–water partition coefficient (Wildman–Crippen LogP) is 5.52. The molecular weight excluding hydrogens is 352 g/mol. The van der Waals surface area contributed by atoms with E-state index >= 15 is 0 Å². The van der Waals surface area contributed by atoms with Crippen molar-refractivity contribution in [1.82, 2.24) is 0 Å². The van der Waals surface area contributed by atoms with Crippen LogP contribution < -0.4 is 0 Å². The Morgan fingerprint density at radius 3 is 1.46 bits per heavy atom. The van der Waals surface area contributed by atoms with Gasteiger partial charge in [-0.25, -0.2) is 9.59 Å². The molecule has 0 aliphatic heterocycles. The number of ether oxygens (including phenoxy) is 2. The molecule has 1 aromatic rings. The molecule has 0 aromatic heterocycles. The Kier molecular flexibility index (Phi) is 11.6. The van der Waals surface area contributed by atoms with Crippen molar-refractivity contribution in [2.45, 2.75) is 66.2 Å². The average Bonchev–Trinajstić information content (AvgIpc) is 2.68. The first-order valence-electron chi connectivity index (χ1n) is 10.4. The van der Waals surface area contributed by atoms with E-state index in [1.165, 1.54) is 23.3 Å². The van der Waals surface area contributed by atoms with E-state index in [1.54, 1.807) is 13.8 Å². The lowest BCUT2D eigenvalue weighted by atomic mass is 9.92. The van der Waals surface area contributed by atoms with Crippen molar-refractivity contribution >= 4 is 24.1 Å². The van der Waals surface area contributed by atoms with Crippen molar-refractivity contribution in [3.8, 4) is 0 Å². The molecule has 0 saturated heterocycles. The summed E-state index contributed by atoms with van der Waals surface area (Å²) in [5.41, 5.74) is 4.43. The summed E-state index contributed by atoms with van der Waals surface area (Å²) in [5.74, 6) is -0.657. The van der Waals surface area contributed by atoms with Gasteiger partial charge in [0.2, 0.25) is 0 Å². The Hall–Kier alpha value is -2.36. The molecule has 0 fully saturated rings. The van der Waals surface area contributed by atoms with Crippen LogP contribution in [-0.4, -0.2) is 25.2 Å².